The van der Waals surface area contributed by atoms with E-state index in [-0.39, 0.29) is 11.8 Å². The zero-order valence-corrected chi connectivity index (χ0v) is 12.2. The molecule has 2 aromatic carbocycles. The van der Waals surface area contributed by atoms with Crippen LogP contribution in [0.2, 0.25) is 0 Å². The summed E-state index contributed by atoms with van der Waals surface area (Å²) in [5, 5.41) is 2.86. The number of benzene rings is 2. The predicted octanol–water partition coefficient (Wildman–Crippen LogP) is 3.70. The number of nitrogens with one attached hydrogen (secondary N) is 1. The van der Waals surface area contributed by atoms with Crippen LogP contribution in [0.4, 0.5) is 20.6 Å². The first-order chi connectivity index (χ1) is 10.6. The van der Waals surface area contributed by atoms with Crippen LogP contribution in [-0.2, 0) is 0 Å². The van der Waals surface area contributed by atoms with Gasteiger partial charge in [-0.1, -0.05) is 18.2 Å². The lowest BCUT2D eigenvalue weighted by atomic mass is 10.0. The smallest absolute Gasteiger partial charge is 0.321 e. The van der Waals surface area contributed by atoms with Gasteiger partial charge in [0.15, 0.2) is 0 Å². The highest BCUT2D eigenvalue weighted by molar-refractivity contribution is 5.94. The van der Waals surface area contributed by atoms with Gasteiger partial charge in [-0.2, -0.15) is 0 Å². The van der Waals surface area contributed by atoms with Crippen LogP contribution >= 0.6 is 0 Å². The van der Waals surface area contributed by atoms with Gasteiger partial charge in [0.25, 0.3) is 0 Å². The minimum absolute atomic E-state index is 0.125. The van der Waals surface area contributed by atoms with Crippen molar-refractivity contribution in [1.29, 1.82) is 0 Å². The first-order valence-corrected chi connectivity index (χ1v) is 7.35. The largest absolute Gasteiger partial charge is 0.397 e. The van der Waals surface area contributed by atoms with Gasteiger partial charge in [-0.05, 0) is 48.2 Å². The van der Waals surface area contributed by atoms with Crippen molar-refractivity contribution in [2.24, 2.45) is 0 Å². The fourth-order valence-electron chi connectivity index (χ4n) is 2.60. The molecule has 0 aliphatic carbocycles. The number of carbonyl (C=O) groups is 1. The fraction of sp³-hybridized carbons (Fsp3) is 0.235. The molecule has 0 atom stereocenters. The lowest BCUT2D eigenvalue weighted by molar-refractivity contribution is 0.222. The van der Waals surface area contributed by atoms with Crippen LogP contribution in [0.25, 0.3) is 11.1 Å². The SMILES string of the molecule is Nc1ccc(-c2ccc(F)cc2)cc1NC(=O)N1CCCC1. The standard InChI is InChI=1S/C17H18FN3O/c18-14-6-3-12(4-7-14)13-5-8-15(19)16(11-13)20-17(22)21-9-1-2-10-21/h3-8,11H,1-2,9-10,19H2,(H,20,22). The lowest BCUT2D eigenvalue weighted by Gasteiger charge is -2.17. The van der Waals surface area contributed by atoms with Crippen molar-refractivity contribution in [3.63, 3.8) is 0 Å². The number of anilines is 2. The van der Waals surface area contributed by atoms with Crippen LogP contribution in [0.15, 0.2) is 42.5 Å². The Kier molecular flexibility index (Phi) is 3.96. The molecule has 5 heteroatoms. The molecule has 0 saturated carbocycles. The highest BCUT2D eigenvalue weighted by atomic mass is 19.1. The number of nitrogens with two attached hydrogens (primary N) is 1. The lowest BCUT2D eigenvalue weighted by Crippen LogP contribution is -2.32. The van der Waals surface area contributed by atoms with E-state index in [0.717, 1.165) is 37.1 Å². The zero-order chi connectivity index (χ0) is 15.5. The van der Waals surface area contributed by atoms with Gasteiger partial charge < -0.3 is 16.0 Å². The van der Waals surface area contributed by atoms with Gasteiger partial charge in [-0.3, -0.25) is 0 Å². The molecular formula is C17H18FN3O. The first kappa shape index (κ1) is 14.4. The Balaban J connectivity index is 1.83. The Hall–Kier alpha value is -2.56. The third-order valence-electron chi connectivity index (χ3n) is 3.87. The van der Waals surface area contributed by atoms with E-state index in [1.165, 1.54) is 12.1 Å². The molecule has 0 spiro atoms. The summed E-state index contributed by atoms with van der Waals surface area (Å²) < 4.78 is 13.0. The normalized spacial score (nSPS) is 14.1. The number of nitrogen functional groups attached to an aromatic ring is 1. The van der Waals surface area contributed by atoms with Gasteiger partial charge in [0.2, 0.25) is 0 Å². The molecular weight excluding hydrogens is 281 g/mol. The molecule has 1 saturated heterocycles. The van der Waals surface area contributed by atoms with E-state index in [0.29, 0.717) is 11.4 Å². The number of amides is 2. The zero-order valence-electron chi connectivity index (χ0n) is 12.2. The van der Waals surface area contributed by atoms with Crippen molar-refractivity contribution in [2.45, 2.75) is 12.8 Å². The van der Waals surface area contributed by atoms with Crippen molar-refractivity contribution >= 4 is 17.4 Å². The van der Waals surface area contributed by atoms with Gasteiger partial charge in [0.1, 0.15) is 5.82 Å². The molecule has 1 aliphatic rings. The molecule has 4 nitrogen and oxygen atoms in total. The average molecular weight is 299 g/mol. The van der Waals surface area contributed by atoms with Crippen LogP contribution in [0, 0.1) is 5.82 Å². The van der Waals surface area contributed by atoms with Crippen LogP contribution < -0.4 is 11.1 Å². The molecule has 114 valence electrons. The monoisotopic (exact) mass is 299 g/mol. The van der Waals surface area contributed by atoms with Crippen molar-refractivity contribution < 1.29 is 9.18 Å². The summed E-state index contributed by atoms with van der Waals surface area (Å²) in [5.74, 6) is -0.276. The molecule has 22 heavy (non-hydrogen) atoms. The van der Waals surface area contributed by atoms with Crippen molar-refractivity contribution in [3.8, 4) is 11.1 Å². The Morgan fingerprint density at radius 1 is 1.05 bits per heavy atom. The topological polar surface area (TPSA) is 58.4 Å². The maximum atomic E-state index is 13.0. The first-order valence-electron chi connectivity index (χ1n) is 7.35. The van der Waals surface area contributed by atoms with Crippen LogP contribution in [-0.4, -0.2) is 24.0 Å². The van der Waals surface area contributed by atoms with Gasteiger partial charge in [0, 0.05) is 13.1 Å². The number of rotatable bonds is 2. The van der Waals surface area contributed by atoms with Gasteiger partial charge in [0.05, 0.1) is 11.4 Å². The molecule has 1 aliphatic heterocycles. The van der Waals surface area contributed by atoms with E-state index >= 15 is 0 Å². The maximum absolute atomic E-state index is 13.0. The summed E-state index contributed by atoms with van der Waals surface area (Å²) in [6.45, 7) is 1.56. The summed E-state index contributed by atoms with van der Waals surface area (Å²) in [6.07, 6.45) is 2.08. The molecule has 1 fully saturated rings. The Bertz CT molecular complexity index is 679. The fourth-order valence-corrected chi connectivity index (χ4v) is 2.60. The van der Waals surface area contributed by atoms with Gasteiger partial charge in [-0.25, -0.2) is 9.18 Å². The molecule has 0 aromatic heterocycles. The molecule has 3 N–H and O–H groups in total. The minimum atomic E-state index is -0.276. The summed E-state index contributed by atoms with van der Waals surface area (Å²) in [6, 6.07) is 11.5. The molecule has 0 radical (unpaired) electrons. The summed E-state index contributed by atoms with van der Waals surface area (Å²) in [7, 11) is 0. The number of halogens is 1. The number of likely N-dealkylation sites (tertiary alicyclic amines) is 1. The molecule has 2 amide bonds. The van der Waals surface area contributed by atoms with Crippen molar-refractivity contribution in [3.05, 3.63) is 48.3 Å². The van der Waals surface area contributed by atoms with E-state index in [1.807, 2.05) is 12.1 Å². The highest BCUT2D eigenvalue weighted by Gasteiger charge is 2.18. The van der Waals surface area contributed by atoms with Crippen molar-refractivity contribution in [1.82, 2.24) is 4.90 Å². The number of urea groups is 1. The van der Waals surface area contributed by atoms with E-state index in [9.17, 15) is 9.18 Å². The summed E-state index contributed by atoms with van der Waals surface area (Å²) >= 11 is 0. The Morgan fingerprint density at radius 2 is 1.68 bits per heavy atom. The molecule has 0 bridgehead atoms. The summed E-state index contributed by atoms with van der Waals surface area (Å²) in [5.41, 5.74) is 8.79. The maximum Gasteiger partial charge on any atom is 0.321 e. The quantitative estimate of drug-likeness (QED) is 0.831. The molecule has 2 aromatic rings. The van der Waals surface area contributed by atoms with Crippen molar-refractivity contribution in [2.75, 3.05) is 24.1 Å². The summed E-state index contributed by atoms with van der Waals surface area (Å²) in [4.78, 5) is 14.0. The third kappa shape index (κ3) is 3.03. The number of carbonyl (C=O) groups excluding carboxylic acids is 1. The number of nitrogens with zero attached hydrogens (tertiary/aromatic N) is 1. The Morgan fingerprint density at radius 3 is 2.36 bits per heavy atom. The molecule has 3 rings (SSSR count). The minimum Gasteiger partial charge on any atom is -0.397 e. The van der Waals surface area contributed by atoms with E-state index in [2.05, 4.69) is 5.32 Å². The second-order valence-electron chi connectivity index (χ2n) is 5.43. The van der Waals surface area contributed by atoms with E-state index < -0.39 is 0 Å². The van der Waals surface area contributed by atoms with E-state index in [1.54, 1.807) is 23.1 Å². The molecule has 0 unspecified atom stereocenters. The second kappa shape index (κ2) is 6.05. The van der Waals surface area contributed by atoms with Crippen LogP contribution in [0.3, 0.4) is 0 Å². The van der Waals surface area contributed by atoms with Gasteiger partial charge >= 0.3 is 6.03 Å². The third-order valence-corrected chi connectivity index (χ3v) is 3.87. The van der Waals surface area contributed by atoms with Crippen LogP contribution in [0.1, 0.15) is 12.8 Å². The second-order valence-corrected chi connectivity index (χ2v) is 5.43. The highest BCUT2D eigenvalue weighted by Crippen LogP contribution is 2.28. The number of hydrogen-bond donors (Lipinski definition) is 2. The molecule has 1 heterocycles. The van der Waals surface area contributed by atoms with Crippen LogP contribution in [0.5, 0.6) is 0 Å². The van der Waals surface area contributed by atoms with E-state index in [4.69, 9.17) is 5.73 Å². The van der Waals surface area contributed by atoms with Gasteiger partial charge in [-0.15, -0.1) is 0 Å². The predicted molar refractivity (Wildman–Crippen MR) is 86.1 cm³/mol. The average Bonchev–Trinajstić information content (AvgIpc) is 3.05. The Labute approximate surface area is 128 Å². The number of hydrogen-bond acceptors (Lipinski definition) is 2.